The molecule has 0 atom stereocenters. The van der Waals surface area contributed by atoms with Crippen LogP contribution in [0.4, 0.5) is 0 Å². The van der Waals surface area contributed by atoms with Gasteiger partial charge in [-0.3, -0.25) is 0 Å². The first-order chi connectivity index (χ1) is 7.13. The highest BCUT2D eigenvalue weighted by molar-refractivity contribution is 9.08. The number of alkyl halides is 1. The average molecular weight is 294 g/mol. The third kappa shape index (κ3) is 2.63. The maximum Gasteiger partial charge on any atom is 0.338 e. The lowest BCUT2D eigenvalue weighted by atomic mass is 10.1. The Morgan fingerprint density at radius 2 is 2.13 bits per heavy atom. The topological polar surface area (TPSA) is 35.5 Å². The summed E-state index contributed by atoms with van der Waals surface area (Å²) in [5.41, 5.74) is 1.23. The summed E-state index contributed by atoms with van der Waals surface area (Å²) in [6, 6.07) is 3.26. The summed E-state index contributed by atoms with van der Waals surface area (Å²) in [7, 11) is 2.86. The van der Waals surface area contributed by atoms with Gasteiger partial charge in [-0.05, 0) is 17.7 Å². The summed E-state index contributed by atoms with van der Waals surface area (Å²) in [6.07, 6.45) is 0. The summed E-state index contributed by atoms with van der Waals surface area (Å²) < 4.78 is 9.70. The highest BCUT2D eigenvalue weighted by Crippen LogP contribution is 2.29. The van der Waals surface area contributed by atoms with E-state index in [0.29, 0.717) is 21.7 Å². The van der Waals surface area contributed by atoms with E-state index < -0.39 is 5.97 Å². The normalized spacial score (nSPS) is 9.87. The monoisotopic (exact) mass is 292 g/mol. The summed E-state index contributed by atoms with van der Waals surface area (Å²) >= 11 is 9.20. The van der Waals surface area contributed by atoms with E-state index in [0.717, 1.165) is 5.56 Å². The molecule has 0 aromatic heterocycles. The molecule has 0 bridgehead atoms. The molecule has 0 spiro atoms. The van der Waals surface area contributed by atoms with Crippen molar-refractivity contribution in [1.29, 1.82) is 0 Å². The minimum atomic E-state index is -0.408. The standard InChI is InChI=1S/C10H10BrClO3/c1-14-9-3-6(5-11)7(4-8(9)12)10(13)15-2/h3-4H,5H2,1-2H3. The van der Waals surface area contributed by atoms with Crippen molar-refractivity contribution >= 4 is 33.5 Å². The van der Waals surface area contributed by atoms with Crippen molar-refractivity contribution in [2.24, 2.45) is 0 Å². The smallest absolute Gasteiger partial charge is 0.338 e. The number of halogens is 2. The lowest BCUT2D eigenvalue weighted by Gasteiger charge is -2.09. The summed E-state index contributed by atoms with van der Waals surface area (Å²) in [6.45, 7) is 0. The Kier molecular flexibility index (Phi) is 4.42. The second-order valence-electron chi connectivity index (χ2n) is 2.77. The van der Waals surface area contributed by atoms with Gasteiger partial charge in [0, 0.05) is 5.33 Å². The molecule has 0 N–H and O–H groups in total. The van der Waals surface area contributed by atoms with Crippen molar-refractivity contribution in [2.45, 2.75) is 5.33 Å². The Balaban J connectivity index is 3.27. The number of carbonyl (C=O) groups excluding carboxylic acids is 1. The SMILES string of the molecule is COC(=O)c1cc(Cl)c(OC)cc1CBr. The van der Waals surface area contributed by atoms with Gasteiger partial charge in [-0.15, -0.1) is 0 Å². The zero-order valence-electron chi connectivity index (χ0n) is 8.34. The molecule has 0 aliphatic carbocycles. The molecule has 82 valence electrons. The molecular formula is C10H10BrClO3. The number of hydrogen-bond acceptors (Lipinski definition) is 3. The number of carbonyl (C=O) groups is 1. The van der Waals surface area contributed by atoms with Crippen molar-refractivity contribution in [3.8, 4) is 5.75 Å². The lowest BCUT2D eigenvalue weighted by Crippen LogP contribution is -2.05. The van der Waals surface area contributed by atoms with Crippen molar-refractivity contribution in [2.75, 3.05) is 14.2 Å². The fourth-order valence-electron chi connectivity index (χ4n) is 1.16. The van der Waals surface area contributed by atoms with Crippen LogP contribution in [0.3, 0.4) is 0 Å². The van der Waals surface area contributed by atoms with E-state index in [4.69, 9.17) is 16.3 Å². The highest BCUT2D eigenvalue weighted by Gasteiger charge is 2.14. The summed E-state index contributed by atoms with van der Waals surface area (Å²) in [5, 5.41) is 0.924. The van der Waals surface area contributed by atoms with Gasteiger partial charge in [0.25, 0.3) is 0 Å². The van der Waals surface area contributed by atoms with Crippen LogP contribution in [0, 0.1) is 0 Å². The Bertz CT molecular complexity index is 379. The number of hydrogen-bond donors (Lipinski definition) is 0. The van der Waals surface area contributed by atoms with Gasteiger partial charge in [0.15, 0.2) is 0 Å². The molecule has 0 aliphatic heterocycles. The van der Waals surface area contributed by atoms with Crippen LogP contribution in [0.5, 0.6) is 5.75 Å². The largest absolute Gasteiger partial charge is 0.495 e. The Labute approximate surface area is 101 Å². The van der Waals surface area contributed by atoms with Crippen LogP contribution >= 0.6 is 27.5 Å². The van der Waals surface area contributed by atoms with Gasteiger partial charge in [-0.1, -0.05) is 27.5 Å². The molecule has 0 unspecified atom stereocenters. The zero-order valence-corrected chi connectivity index (χ0v) is 10.7. The van der Waals surface area contributed by atoms with E-state index in [-0.39, 0.29) is 0 Å². The maximum absolute atomic E-state index is 11.4. The number of benzene rings is 1. The molecule has 1 aromatic rings. The molecule has 0 amide bonds. The molecule has 0 radical (unpaired) electrons. The lowest BCUT2D eigenvalue weighted by molar-refractivity contribution is 0.0600. The van der Waals surface area contributed by atoms with E-state index >= 15 is 0 Å². The average Bonchev–Trinajstić information content (AvgIpc) is 2.27. The quantitative estimate of drug-likeness (QED) is 0.635. The van der Waals surface area contributed by atoms with Crippen LogP contribution in [0.15, 0.2) is 12.1 Å². The maximum atomic E-state index is 11.4. The molecule has 0 aliphatic rings. The number of rotatable bonds is 3. The first-order valence-corrected chi connectivity index (χ1v) is 5.64. The Hall–Kier alpha value is -0.740. The van der Waals surface area contributed by atoms with Crippen LogP contribution in [0.1, 0.15) is 15.9 Å². The number of ether oxygens (including phenoxy) is 2. The minimum Gasteiger partial charge on any atom is -0.495 e. The van der Waals surface area contributed by atoms with Crippen LogP contribution in [0.25, 0.3) is 0 Å². The van der Waals surface area contributed by atoms with Gasteiger partial charge < -0.3 is 9.47 Å². The van der Waals surface area contributed by atoms with Crippen molar-refractivity contribution in [1.82, 2.24) is 0 Å². The third-order valence-electron chi connectivity index (χ3n) is 1.93. The van der Waals surface area contributed by atoms with Gasteiger partial charge in [-0.25, -0.2) is 4.79 Å². The van der Waals surface area contributed by atoms with E-state index in [2.05, 4.69) is 20.7 Å². The van der Waals surface area contributed by atoms with Crippen molar-refractivity contribution in [3.05, 3.63) is 28.3 Å². The van der Waals surface area contributed by atoms with Crippen LogP contribution < -0.4 is 4.74 Å². The molecule has 5 heteroatoms. The van der Waals surface area contributed by atoms with Gasteiger partial charge in [-0.2, -0.15) is 0 Å². The molecule has 3 nitrogen and oxygen atoms in total. The summed E-state index contributed by atoms with van der Waals surface area (Å²) in [4.78, 5) is 11.4. The van der Waals surface area contributed by atoms with E-state index in [1.807, 2.05) is 0 Å². The van der Waals surface area contributed by atoms with E-state index in [9.17, 15) is 4.79 Å². The van der Waals surface area contributed by atoms with Crippen LogP contribution in [-0.2, 0) is 10.1 Å². The first kappa shape index (κ1) is 12.3. The fraction of sp³-hybridized carbons (Fsp3) is 0.300. The Morgan fingerprint density at radius 1 is 1.47 bits per heavy atom. The van der Waals surface area contributed by atoms with Gasteiger partial charge >= 0.3 is 5.97 Å². The molecule has 1 aromatic carbocycles. The summed E-state index contributed by atoms with van der Waals surface area (Å²) in [5.74, 6) is 0.132. The van der Waals surface area contributed by atoms with Crippen LogP contribution in [-0.4, -0.2) is 20.2 Å². The molecule has 15 heavy (non-hydrogen) atoms. The molecule has 0 saturated carbocycles. The zero-order chi connectivity index (χ0) is 11.4. The molecule has 0 fully saturated rings. The van der Waals surface area contributed by atoms with Gasteiger partial charge in [0.2, 0.25) is 0 Å². The minimum absolute atomic E-state index is 0.391. The van der Waals surface area contributed by atoms with Gasteiger partial charge in [0.1, 0.15) is 5.75 Å². The van der Waals surface area contributed by atoms with Crippen molar-refractivity contribution < 1.29 is 14.3 Å². The predicted molar refractivity (Wildman–Crippen MR) is 62.0 cm³/mol. The number of esters is 1. The second-order valence-corrected chi connectivity index (χ2v) is 3.74. The van der Waals surface area contributed by atoms with Crippen molar-refractivity contribution in [3.63, 3.8) is 0 Å². The number of methoxy groups -OCH3 is 2. The second kappa shape index (κ2) is 5.37. The predicted octanol–water partition coefficient (Wildman–Crippen LogP) is 3.03. The van der Waals surface area contributed by atoms with Crippen LogP contribution in [0.2, 0.25) is 5.02 Å². The molecular weight excluding hydrogens is 283 g/mol. The molecule has 0 heterocycles. The third-order valence-corrected chi connectivity index (χ3v) is 2.83. The molecule has 1 rings (SSSR count). The van der Waals surface area contributed by atoms with E-state index in [1.165, 1.54) is 14.2 Å². The highest BCUT2D eigenvalue weighted by atomic mass is 79.9. The Morgan fingerprint density at radius 3 is 2.60 bits per heavy atom. The molecule has 0 saturated heterocycles. The first-order valence-electron chi connectivity index (χ1n) is 4.14. The van der Waals surface area contributed by atoms with Gasteiger partial charge in [0.05, 0.1) is 24.8 Å². The van der Waals surface area contributed by atoms with E-state index in [1.54, 1.807) is 12.1 Å². The fourth-order valence-corrected chi connectivity index (χ4v) is 1.87.